The van der Waals surface area contributed by atoms with Crippen molar-refractivity contribution in [3.63, 3.8) is 0 Å². The quantitative estimate of drug-likeness (QED) is 0.729. The predicted molar refractivity (Wildman–Crippen MR) is 52.4 cm³/mol. The summed E-state index contributed by atoms with van der Waals surface area (Å²) in [6.45, 7) is 4.16. The molecule has 0 aliphatic heterocycles. The molecule has 0 spiro atoms. The van der Waals surface area contributed by atoms with Crippen LogP contribution in [0, 0.1) is 11.8 Å². The molecule has 0 bridgehead atoms. The first-order valence-electron chi connectivity index (χ1n) is 5.32. The largest absolute Gasteiger partial charge is 0.392 e. The number of ketones is 1. The Morgan fingerprint density at radius 3 is 2.69 bits per heavy atom. The summed E-state index contributed by atoms with van der Waals surface area (Å²) < 4.78 is 0. The van der Waals surface area contributed by atoms with Crippen LogP contribution >= 0.6 is 0 Å². The Labute approximate surface area is 80.3 Å². The summed E-state index contributed by atoms with van der Waals surface area (Å²) in [4.78, 5) is 11.5. The molecule has 0 radical (unpaired) electrons. The van der Waals surface area contributed by atoms with E-state index in [0.29, 0.717) is 12.3 Å². The van der Waals surface area contributed by atoms with Gasteiger partial charge in [-0.3, -0.25) is 4.79 Å². The third kappa shape index (κ3) is 3.11. The Kier molecular flexibility index (Phi) is 3.91. The number of hydrogen-bond donors (Lipinski definition) is 1. The molecule has 1 aliphatic rings. The summed E-state index contributed by atoms with van der Waals surface area (Å²) in [6.07, 6.45) is 4.06. The van der Waals surface area contributed by atoms with E-state index in [1.54, 1.807) is 0 Å². The maximum absolute atomic E-state index is 11.5. The molecule has 0 aromatic heterocycles. The van der Waals surface area contributed by atoms with E-state index in [-0.39, 0.29) is 11.7 Å². The highest BCUT2D eigenvalue weighted by Crippen LogP contribution is 2.26. The summed E-state index contributed by atoms with van der Waals surface area (Å²) in [5, 5.41) is 9.79. The van der Waals surface area contributed by atoms with E-state index in [2.05, 4.69) is 13.8 Å². The molecule has 1 fully saturated rings. The topological polar surface area (TPSA) is 37.3 Å². The lowest BCUT2D eigenvalue weighted by Gasteiger charge is -2.26. The highest BCUT2D eigenvalue weighted by atomic mass is 16.3. The molecular weight excluding hydrogens is 164 g/mol. The van der Waals surface area contributed by atoms with Crippen molar-refractivity contribution in [3.8, 4) is 0 Å². The first-order valence-corrected chi connectivity index (χ1v) is 5.32. The minimum atomic E-state index is -0.396. The van der Waals surface area contributed by atoms with E-state index in [1.807, 2.05) is 0 Å². The second kappa shape index (κ2) is 4.75. The van der Waals surface area contributed by atoms with Gasteiger partial charge < -0.3 is 5.11 Å². The fourth-order valence-electron chi connectivity index (χ4n) is 2.06. The van der Waals surface area contributed by atoms with Gasteiger partial charge in [0.05, 0.1) is 6.10 Å². The molecule has 76 valence electrons. The standard InChI is InChI=1S/C11H20O2/c1-8(2)7-11(13)9-5-3-4-6-10(9)12/h8-9,11,13H,3-7H2,1-2H3/t9-,11+/m1/s1. The number of rotatable bonds is 3. The van der Waals surface area contributed by atoms with Gasteiger partial charge in [0.1, 0.15) is 5.78 Å². The molecule has 0 amide bonds. The number of hydrogen-bond acceptors (Lipinski definition) is 2. The molecule has 0 aromatic rings. The van der Waals surface area contributed by atoms with Crippen molar-refractivity contribution in [1.82, 2.24) is 0 Å². The van der Waals surface area contributed by atoms with Crippen LogP contribution in [0.5, 0.6) is 0 Å². The number of carbonyl (C=O) groups excluding carboxylic acids is 1. The van der Waals surface area contributed by atoms with Crippen LogP contribution < -0.4 is 0 Å². The minimum Gasteiger partial charge on any atom is -0.392 e. The van der Waals surface area contributed by atoms with Crippen LogP contribution in [0.2, 0.25) is 0 Å². The summed E-state index contributed by atoms with van der Waals surface area (Å²) in [6, 6.07) is 0. The minimum absolute atomic E-state index is 0.0591. The lowest BCUT2D eigenvalue weighted by molar-refractivity contribution is -0.128. The molecule has 1 aliphatic carbocycles. The van der Waals surface area contributed by atoms with Crippen molar-refractivity contribution in [2.75, 3.05) is 0 Å². The molecule has 0 aromatic carbocycles. The van der Waals surface area contributed by atoms with Crippen LogP contribution in [0.15, 0.2) is 0 Å². The van der Waals surface area contributed by atoms with E-state index < -0.39 is 6.10 Å². The normalized spacial score (nSPS) is 26.5. The van der Waals surface area contributed by atoms with Crippen LogP contribution in [0.3, 0.4) is 0 Å². The number of carbonyl (C=O) groups is 1. The van der Waals surface area contributed by atoms with Gasteiger partial charge in [-0.05, 0) is 25.2 Å². The molecule has 1 rings (SSSR count). The van der Waals surface area contributed by atoms with Crippen molar-refractivity contribution in [1.29, 1.82) is 0 Å². The molecule has 0 heterocycles. The molecule has 2 nitrogen and oxygen atoms in total. The van der Waals surface area contributed by atoms with Gasteiger partial charge in [0.25, 0.3) is 0 Å². The second-order valence-corrected chi connectivity index (χ2v) is 4.52. The van der Waals surface area contributed by atoms with E-state index in [9.17, 15) is 9.90 Å². The van der Waals surface area contributed by atoms with Crippen LogP contribution in [0.1, 0.15) is 46.0 Å². The number of Topliss-reactive ketones (excluding diaryl/α,β-unsaturated/α-hetero) is 1. The molecule has 0 saturated heterocycles. The van der Waals surface area contributed by atoms with Gasteiger partial charge in [0.15, 0.2) is 0 Å². The van der Waals surface area contributed by atoms with E-state index >= 15 is 0 Å². The van der Waals surface area contributed by atoms with E-state index in [4.69, 9.17) is 0 Å². The fourth-order valence-corrected chi connectivity index (χ4v) is 2.06. The summed E-state index contributed by atoms with van der Waals surface area (Å²) in [7, 11) is 0. The van der Waals surface area contributed by atoms with Gasteiger partial charge >= 0.3 is 0 Å². The zero-order chi connectivity index (χ0) is 9.84. The van der Waals surface area contributed by atoms with Gasteiger partial charge in [-0.2, -0.15) is 0 Å². The fraction of sp³-hybridized carbons (Fsp3) is 0.909. The Bertz CT molecular complexity index is 175. The summed E-state index contributed by atoms with van der Waals surface area (Å²) in [5.41, 5.74) is 0. The average Bonchev–Trinajstić information content (AvgIpc) is 2.03. The third-order valence-electron chi connectivity index (χ3n) is 2.78. The molecular formula is C11H20O2. The average molecular weight is 184 g/mol. The molecule has 0 unspecified atom stereocenters. The highest BCUT2D eigenvalue weighted by molar-refractivity contribution is 5.82. The van der Waals surface area contributed by atoms with Gasteiger partial charge in [-0.25, -0.2) is 0 Å². The zero-order valence-electron chi connectivity index (χ0n) is 8.62. The van der Waals surface area contributed by atoms with E-state index in [0.717, 1.165) is 25.7 Å². The van der Waals surface area contributed by atoms with Gasteiger partial charge in [-0.15, -0.1) is 0 Å². The Hall–Kier alpha value is -0.370. The van der Waals surface area contributed by atoms with Gasteiger partial charge in [0, 0.05) is 12.3 Å². The monoisotopic (exact) mass is 184 g/mol. The molecule has 2 atom stereocenters. The van der Waals surface area contributed by atoms with Crippen LogP contribution in [-0.2, 0) is 4.79 Å². The Balaban J connectivity index is 2.43. The first-order chi connectivity index (χ1) is 6.11. The highest BCUT2D eigenvalue weighted by Gasteiger charge is 2.28. The van der Waals surface area contributed by atoms with Crippen molar-refractivity contribution in [3.05, 3.63) is 0 Å². The van der Waals surface area contributed by atoms with E-state index in [1.165, 1.54) is 0 Å². The molecule has 1 N–H and O–H groups in total. The summed E-state index contributed by atoms with van der Waals surface area (Å²) >= 11 is 0. The lowest BCUT2D eigenvalue weighted by atomic mass is 9.81. The van der Waals surface area contributed by atoms with Crippen molar-refractivity contribution in [2.24, 2.45) is 11.8 Å². The number of aliphatic hydroxyl groups is 1. The smallest absolute Gasteiger partial charge is 0.138 e. The number of aliphatic hydroxyl groups excluding tert-OH is 1. The lowest BCUT2D eigenvalue weighted by Crippen LogP contribution is -2.31. The van der Waals surface area contributed by atoms with Crippen molar-refractivity contribution < 1.29 is 9.90 Å². The molecule has 13 heavy (non-hydrogen) atoms. The van der Waals surface area contributed by atoms with Gasteiger partial charge in [0.2, 0.25) is 0 Å². The molecule has 1 saturated carbocycles. The maximum Gasteiger partial charge on any atom is 0.138 e. The Morgan fingerprint density at radius 2 is 2.15 bits per heavy atom. The van der Waals surface area contributed by atoms with Crippen LogP contribution in [0.4, 0.5) is 0 Å². The maximum atomic E-state index is 11.5. The Morgan fingerprint density at radius 1 is 1.46 bits per heavy atom. The predicted octanol–water partition coefficient (Wildman–Crippen LogP) is 2.15. The van der Waals surface area contributed by atoms with Crippen molar-refractivity contribution >= 4 is 5.78 Å². The van der Waals surface area contributed by atoms with Crippen molar-refractivity contribution in [2.45, 2.75) is 52.1 Å². The van der Waals surface area contributed by atoms with Crippen LogP contribution in [-0.4, -0.2) is 17.0 Å². The van der Waals surface area contributed by atoms with Crippen LogP contribution in [0.25, 0.3) is 0 Å². The zero-order valence-corrected chi connectivity index (χ0v) is 8.62. The second-order valence-electron chi connectivity index (χ2n) is 4.52. The third-order valence-corrected chi connectivity index (χ3v) is 2.78. The summed E-state index contributed by atoms with van der Waals surface area (Å²) in [5.74, 6) is 0.695. The first kappa shape index (κ1) is 10.7. The SMILES string of the molecule is CC(C)C[C@H](O)[C@@H]1CCCCC1=O. The molecule has 2 heteroatoms. The van der Waals surface area contributed by atoms with Gasteiger partial charge in [-0.1, -0.05) is 20.3 Å².